The van der Waals surface area contributed by atoms with Gasteiger partial charge in [0.1, 0.15) is 0 Å². The SMILES string of the molecule is CCn1cc(Br)c(C(=O)NCC(C)O)n1. The van der Waals surface area contributed by atoms with Crippen molar-refractivity contribution < 1.29 is 9.90 Å². The van der Waals surface area contributed by atoms with E-state index < -0.39 is 6.10 Å². The van der Waals surface area contributed by atoms with E-state index in [-0.39, 0.29) is 12.5 Å². The molecule has 1 unspecified atom stereocenters. The highest BCUT2D eigenvalue weighted by Crippen LogP contribution is 2.14. The summed E-state index contributed by atoms with van der Waals surface area (Å²) in [5.74, 6) is -0.282. The average molecular weight is 276 g/mol. The molecule has 1 atom stereocenters. The van der Waals surface area contributed by atoms with Crippen LogP contribution in [0.3, 0.4) is 0 Å². The van der Waals surface area contributed by atoms with Crippen molar-refractivity contribution in [3.63, 3.8) is 0 Å². The van der Waals surface area contributed by atoms with Crippen LogP contribution in [0.5, 0.6) is 0 Å². The van der Waals surface area contributed by atoms with E-state index in [1.807, 2.05) is 6.92 Å². The maximum absolute atomic E-state index is 11.6. The molecule has 0 saturated heterocycles. The monoisotopic (exact) mass is 275 g/mol. The summed E-state index contributed by atoms with van der Waals surface area (Å²) in [6.45, 7) is 4.49. The second-order valence-corrected chi connectivity index (χ2v) is 4.09. The zero-order chi connectivity index (χ0) is 11.4. The van der Waals surface area contributed by atoms with Crippen LogP contribution in [-0.2, 0) is 6.54 Å². The Hall–Kier alpha value is -0.880. The molecule has 5 nitrogen and oxygen atoms in total. The predicted octanol–water partition coefficient (Wildman–Crippen LogP) is 0.776. The summed E-state index contributed by atoms with van der Waals surface area (Å²) in [4.78, 5) is 11.6. The minimum Gasteiger partial charge on any atom is -0.392 e. The van der Waals surface area contributed by atoms with Gasteiger partial charge in [-0.05, 0) is 29.8 Å². The van der Waals surface area contributed by atoms with Crippen molar-refractivity contribution >= 4 is 21.8 Å². The van der Waals surface area contributed by atoms with Gasteiger partial charge in [-0.15, -0.1) is 0 Å². The van der Waals surface area contributed by atoms with Crippen LogP contribution in [0.4, 0.5) is 0 Å². The summed E-state index contributed by atoms with van der Waals surface area (Å²) in [5, 5.41) is 15.7. The Bertz CT molecular complexity index is 349. The molecule has 1 heterocycles. The second-order valence-electron chi connectivity index (χ2n) is 3.24. The molecule has 0 aliphatic carbocycles. The number of carbonyl (C=O) groups is 1. The van der Waals surface area contributed by atoms with Crippen molar-refractivity contribution in [2.24, 2.45) is 0 Å². The molecule has 15 heavy (non-hydrogen) atoms. The highest BCUT2D eigenvalue weighted by atomic mass is 79.9. The average Bonchev–Trinajstić information content (AvgIpc) is 2.56. The number of aryl methyl sites for hydroxylation is 1. The van der Waals surface area contributed by atoms with Gasteiger partial charge in [0.05, 0.1) is 10.6 Å². The lowest BCUT2D eigenvalue weighted by atomic mass is 10.3. The van der Waals surface area contributed by atoms with E-state index in [9.17, 15) is 4.79 Å². The maximum atomic E-state index is 11.6. The van der Waals surface area contributed by atoms with Gasteiger partial charge in [0.15, 0.2) is 5.69 Å². The minimum absolute atomic E-state index is 0.226. The number of aromatic nitrogens is 2. The van der Waals surface area contributed by atoms with Crippen LogP contribution in [0.15, 0.2) is 10.7 Å². The molecular formula is C9H14BrN3O2. The van der Waals surface area contributed by atoms with Gasteiger partial charge < -0.3 is 10.4 Å². The molecule has 2 N–H and O–H groups in total. The van der Waals surface area contributed by atoms with Crippen LogP contribution in [0, 0.1) is 0 Å². The van der Waals surface area contributed by atoms with Crippen molar-refractivity contribution in [3.05, 3.63) is 16.4 Å². The first-order chi connectivity index (χ1) is 7.04. The van der Waals surface area contributed by atoms with Gasteiger partial charge in [0.25, 0.3) is 5.91 Å². The number of carbonyl (C=O) groups excluding carboxylic acids is 1. The van der Waals surface area contributed by atoms with Crippen LogP contribution in [0.2, 0.25) is 0 Å². The quantitative estimate of drug-likeness (QED) is 0.853. The standard InChI is InChI=1S/C9H14BrN3O2/c1-3-13-5-7(10)8(12-13)9(15)11-4-6(2)14/h5-6,14H,3-4H2,1-2H3,(H,11,15). The molecule has 0 aromatic carbocycles. The predicted molar refractivity (Wildman–Crippen MR) is 59.6 cm³/mol. The molecule has 0 aliphatic rings. The Balaban J connectivity index is 2.68. The largest absolute Gasteiger partial charge is 0.392 e. The molecule has 1 rings (SSSR count). The summed E-state index contributed by atoms with van der Waals surface area (Å²) in [6, 6.07) is 0. The van der Waals surface area contributed by atoms with Crippen LogP contribution in [-0.4, -0.2) is 33.4 Å². The number of nitrogens with one attached hydrogen (secondary N) is 1. The molecule has 0 saturated carbocycles. The molecule has 6 heteroatoms. The van der Waals surface area contributed by atoms with Crippen LogP contribution in [0.1, 0.15) is 24.3 Å². The normalized spacial score (nSPS) is 12.5. The van der Waals surface area contributed by atoms with E-state index in [4.69, 9.17) is 5.11 Å². The number of aliphatic hydroxyl groups is 1. The number of aliphatic hydroxyl groups excluding tert-OH is 1. The Labute approximate surface area is 96.6 Å². The summed E-state index contributed by atoms with van der Waals surface area (Å²) in [6.07, 6.45) is 1.19. The summed E-state index contributed by atoms with van der Waals surface area (Å²) in [7, 11) is 0. The van der Waals surface area contributed by atoms with Crippen LogP contribution < -0.4 is 5.32 Å². The lowest BCUT2D eigenvalue weighted by molar-refractivity contribution is 0.0917. The van der Waals surface area contributed by atoms with E-state index in [1.165, 1.54) is 0 Å². The summed E-state index contributed by atoms with van der Waals surface area (Å²) < 4.78 is 2.33. The third-order valence-corrected chi connectivity index (χ3v) is 2.39. The summed E-state index contributed by atoms with van der Waals surface area (Å²) >= 11 is 3.26. The van der Waals surface area contributed by atoms with Gasteiger partial charge in [-0.3, -0.25) is 9.48 Å². The van der Waals surface area contributed by atoms with Gasteiger partial charge in [-0.25, -0.2) is 0 Å². The lowest BCUT2D eigenvalue weighted by Crippen LogP contribution is -2.31. The number of nitrogens with zero attached hydrogens (tertiary/aromatic N) is 2. The first-order valence-electron chi connectivity index (χ1n) is 4.73. The van der Waals surface area contributed by atoms with Crippen molar-refractivity contribution in [2.45, 2.75) is 26.5 Å². The zero-order valence-electron chi connectivity index (χ0n) is 8.70. The number of rotatable bonds is 4. The number of amides is 1. The number of hydrogen-bond donors (Lipinski definition) is 2. The molecule has 0 spiro atoms. The Morgan fingerprint density at radius 1 is 1.80 bits per heavy atom. The second kappa shape index (κ2) is 5.27. The number of halogens is 1. The van der Waals surface area contributed by atoms with E-state index >= 15 is 0 Å². The third-order valence-electron chi connectivity index (χ3n) is 1.81. The molecule has 0 fully saturated rings. The topological polar surface area (TPSA) is 67.2 Å². The number of hydrogen-bond acceptors (Lipinski definition) is 3. The van der Waals surface area contributed by atoms with E-state index in [0.29, 0.717) is 16.7 Å². The highest BCUT2D eigenvalue weighted by molar-refractivity contribution is 9.10. The first kappa shape index (κ1) is 12.2. The fourth-order valence-electron chi connectivity index (χ4n) is 1.04. The minimum atomic E-state index is -0.555. The molecule has 0 radical (unpaired) electrons. The van der Waals surface area contributed by atoms with Crippen molar-refractivity contribution in [1.82, 2.24) is 15.1 Å². The fraction of sp³-hybridized carbons (Fsp3) is 0.556. The molecule has 0 bridgehead atoms. The Morgan fingerprint density at radius 2 is 2.47 bits per heavy atom. The third kappa shape index (κ3) is 3.32. The summed E-state index contributed by atoms with van der Waals surface area (Å²) in [5.41, 5.74) is 0.345. The van der Waals surface area contributed by atoms with Gasteiger partial charge in [-0.1, -0.05) is 0 Å². The van der Waals surface area contributed by atoms with Crippen LogP contribution >= 0.6 is 15.9 Å². The zero-order valence-corrected chi connectivity index (χ0v) is 10.3. The maximum Gasteiger partial charge on any atom is 0.273 e. The van der Waals surface area contributed by atoms with Crippen molar-refractivity contribution in [3.8, 4) is 0 Å². The van der Waals surface area contributed by atoms with Gasteiger partial charge in [-0.2, -0.15) is 5.10 Å². The smallest absolute Gasteiger partial charge is 0.273 e. The molecule has 1 aromatic rings. The van der Waals surface area contributed by atoms with Crippen molar-refractivity contribution in [1.29, 1.82) is 0 Å². The van der Waals surface area contributed by atoms with Gasteiger partial charge in [0.2, 0.25) is 0 Å². The lowest BCUT2D eigenvalue weighted by Gasteiger charge is -2.05. The van der Waals surface area contributed by atoms with Crippen molar-refractivity contribution in [2.75, 3.05) is 6.54 Å². The van der Waals surface area contributed by atoms with Gasteiger partial charge >= 0.3 is 0 Å². The Kier molecular flexibility index (Phi) is 4.28. The van der Waals surface area contributed by atoms with Crippen LogP contribution in [0.25, 0.3) is 0 Å². The van der Waals surface area contributed by atoms with E-state index in [2.05, 4.69) is 26.3 Å². The highest BCUT2D eigenvalue weighted by Gasteiger charge is 2.14. The van der Waals surface area contributed by atoms with Gasteiger partial charge in [0, 0.05) is 19.3 Å². The van der Waals surface area contributed by atoms with E-state index in [1.54, 1.807) is 17.8 Å². The molecule has 1 amide bonds. The molecule has 0 aliphatic heterocycles. The molecular weight excluding hydrogens is 262 g/mol. The first-order valence-corrected chi connectivity index (χ1v) is 5.53. The Morgan fingerprint density at radius 3 is 2.93 bits per heavy atom. The fourth-order valence-corrected chi connectivity index (χ4v) is 1.53. The van der Waals surface area contributed by atoms with E-state index in [0.717, 1.165) is 0 Å². The molecule has 1 aromatic heterocycles. The molecule has 84 valence electrons.